The summed E-state index contributed by atoms with van der Waals surface area (Å²) in [5.74, 6) is -2.92. The standard InChI is InChI=1S/C15H11F6N5O2/c1-7-3-10-23-24-13(15(20,21)27-2)26(10)25-11(7)8-4-9(16)12(22-5-8)28-6-14(17,18)19/h3-5H,6H2,1-2H3. The van der Waals surface area contributed by atoms with E-state index in [9.17, 15) is 26.3 Å². The maximum Gasteiger partial charge on any atom is 0.422 e. The van der Waals surface area contributed by atoms with E-state index in [1.807, 2.05) is 0 Å². The Morgan fingerprint density at radius 2 is 1.82 bits per heavy atom. The summed E-state index contributed by atoms with van der Waals surface area (Å²) in [6.07, 6.45) is -7.43. The third-order valence-corrected chi connectivity index (χ3v) is 3.55. The molecule has 3 rings (SSSR count). The second kappa shape index (κ2) is 6.89. The van der Waals surface area contributed by atoms with Gasteiger partial charge in [0.1, 0.15) is 0 Å². The number of nitrogens with zero attached hydrogens (tertiary/aromatic N) is 5. The molecule has 28 heavy (non-hydrogen) atoms. The largest absolute Gasteiger partial charge is 0.466 e. The molecule has 0 bridgehead atoms. The van der Waals surface area contributed by atoms with Crippen LogP contribution in [0.3, 0.4) is 0 Å². The van der Waals surface area contributed by atoms with Crippen molar-refractivity contribution in [1.29, 1.82) is 0 Å². The lowest BCUT2D eigenvalue weighted by Gasteiger charge is -2.13. The molecule has 3 aromatic heterocycles. The molecule has 0 spiro atoms. The van der Waals surface area contributed by atoms with Gasteiger partial charge in [-0.1, -0.05) is 0 Å². The van der Waals surface area contributed by atoms with Crippen LogP contribution in [0.4, 0.5) is 26.3 Å². The first-order valence-corrected chi connectivity index (χ1v) is 7.54. The third-order valence-electron chi connectivity index (χ3n) is 3.55. The summed E-state index contributed by atoms with van der Waals surface area (Å²) in [4.78, 5) is 3.50. The Labute approximate surface area is 152 Å². The molecular formula is C15H11F6N5O2. The molecule has 0 fully saturated rings. The first-order chi connectivity index (χ1) is 13.0. The minimum absolute atomic E-state index is 0.00784. The van der Waals surface area contributed by atoms with E-state index in [4.69, 9.17) is 0 Å². The molecule has 0 N–H and O–H groups in total. The van der Waals surface area contributed by atoms with Gasteiger partial charge in [0, 0.05) is 18.9 Å². The van der Waals surface area contributed by atoms with Crippen LogP contribution in [0.2, 0.25) is 0 Å². The maximum atomic E-state index is 14.1. The number of ether oxygens (including phenoxy) is 2. The monoisotopic (exact) mass is 407 g/mol. The SMILES string of the molecule is COC(F)(F)c1nnc2cc(C)c(-c3cnc(OCC(F)(F)F)c(F)c3)nn12. The van der Waals surface area contributed by atoms with Gasteiger partial charge in [-0.3, -0.25) is 0 Å². The van der Waals surface area contributed by atoms with E-state index in [0.717, 1.165) is 23.9 Å². The van der Waals surface area contributed by atoms with E-state index in [-0.39, 0.29) is 16.9 Å². The van der Waals surface area contributed by atoms with E-state index >= 15 is 0 Å². The van der Waals surface area contributed by atoms with Gasteiger partial charge < -0.3 is 9.47 Å². The smallest absolute Gasteiger partial charge is 0.422 e. The molecule has 0 saturated heterocycles. The van der Waals surface area contributed by atoms with E-state index in [1.54, 1.807) is 6.92 Å². The van der Waals surface area contributed by atoms with Crippen molar-refractivity contribution >= 4 is 5.65 Å². The highest BCUT2D eigenvalue weighted by molar-refractivity contribution is 5.64. The molecule has 0 radical (unpaired) electrons. The summed E-state index contributed by atoms with van der Waals surface area (Å²) < 4.78 is 87.3. The highest BCUT2D eigenvalue weighted by Crippen LogP contribution is 2.30. The topological polar surface area (TPSA) is 74.4 Å². The number of halogens is 6. The summed E-state index contributed by atoms with van der Waals surface area (Å²) in [7, 11) is 0.773. The highest BCUT2D eigenvalue weighted by Gasteiger charge is 2.38. The molecule has 0 aliphatic rings. The predicted octanol–water partition coefficient (Wildman–Crippen LogP) is 3.27. The molecule has 3 heterocycles. The van der Waals surface area contributed by atoms with Crippen LogP contribution < -0.4 is 4.74 Å². The van der Waals surface area contributed by atoms with E-state index < -0.39 is 36.4 Å². The number of aryl methyl sites for hydroxylation is 1. The summed E-state index contributed by atoms with van der Waals surface area (Å²) >= 11 is 0. The van der Waals surface area contributed by atoms with Crippen LogP contribution in [0, 0.1) is 12.7 Å². The molecule has 0 unspecified atom stereocenters. The van der Waals surface area contributed by atoms with E-state index in [0.29, 0.717) is 5.56 Å². The van der Waals surface area contributed by atoms with Crippen molar-refractivity contribution in [2.45, 2.75) is 19.2 Å². The van der Waals surface area contributed by atoms with E-state index in [1.165, 1.54) is 6.07 Å². The molecular weight excluding hydrogens is 396 g/mol. The highest BCUT2D eigenvalue weighted by atomic mass is 19.4. The molecule has 0 aliphatic carbocycles. The number of alkyl halides is 5. The molecule has 13 heteroatoms. The van der Waals surface area contributed by atoms with Crippen LogP contribution >= 0.6 is 0 Å². The molecule has 0 saturated carbocycles. The number of rotatable bonds is 5. The summed E-state index contributed by atoms with van der Waals surface area (Å²) in [5, 5.41) is 10.9. The number of pyridine rings is 1. The first-order valence-electron chi connectivity index (χ1n) is 7.54. The lowest BCUT2D eigenvalue weighted by Crippen LogP contribution is -2.21. The van der Waals surface area contributed by atoms with Gasteiger partial charge in [-0.05, 0) is 24.6 Å². The molecule has 0 aromatic carbocycles. The second-order valence-electron chi connectivity index (χ2n) is 5.61. The fourth-order valence-corrected chi connectivity index (χ4v) is 2.29. The van der Waals surface area contributed by atoms with Gasteiger partial charge in [-0.25, -0.2) is 9.37 Å². The van der Waals surface area contributed by atoms with Crippen molar-refractivity contribution < 1.29 is 35.8 Å². The van der Waals surface area contributed by atoms with Gasteiger partial charge in [-0.2, -0.15) is 31.6 Å². The Bertz CT molecular complexity index is 1020. The Kier molecular flexibility index (Phi) is 4.87. The number of aromatic nitrogens is 5. The fourth-order valence-electron chi connectivity index (χ4n) is 2.29. The van der Waals surface area contributed by atoms with Gasteiger partial charge in [0.25, 0.3) is 11.7 Å². The van der Waals surface area contributed by atoms with Gasteiger partial charge in [0.2, 0.25) is 0 Å². The zero-order valence-corrected chi connectivity index (χ0v) is 14.3. The maximum absolute atomic E-state index is 14.1. The quantitative estimate of drug-likeness (QED) is 0.605. The van der Waals surface area contributed by atoms with Crippen molar-refractivity contribution in [2.24, 2.45) is 0 Å². The van der Waals surface area contributed by atoms with Crippen LogP contribution in [-0.2, 0) is 10.8 Å². The summed E-state index contributed by atoms with van der Waals surface area (Å²) in [6.45, 7) is -0.160. The second-order valence-corrected chi connectivity index (χ2v) is 5.61. The van der Waals surface area contributed by atoms with Gasteiger partial charge >= 0.3 is 12.3 Å². The van der Waals surface area contributed by atoms with Crippen LogP contribution in [0.5, 0.6) is 5.88 Å². The lowest BCUT2D eigenvalue weighted by molar-refractivity contribution is -0.238. The van der Waals surface area contributed by atoms with Crippen molar-refractivity contribution in [3.05, 3.63) is 35.5 Å². The van der Waals surface area contributed by atoms with Gasteiger partial charge in [0.05, 0.1) is 5.69 Å². The Morgan fingerprint density at radius 1 is 1.11 bits per heavy atom. The van der Waals surface area contributed by atoms with Crippen LogP contribution in [0.1, 0.15) is 11.4 Å². The van der Waals surface area contributed by atoms with Gasteiger partial charge in [-0.15, -0.1) is 10.2 Å². The predicted molar refractivity (Wildman–Crippen MR) is 81.2 cm³/mol. The zero-order valence-electron chi connectivity index (χ0n) is 14.3. The molecule has 0 aliphatic heterocycles. The number of hydrogen-bond acceptors (Lipinski definition) is 6. The molecule has 0 atom stereocenters. The minimum atomic E-state index is -4.66. The lowest BCUT2D eigenvalue weighted by atomic mass is 10.1. The molecule has 150 valence electrons. The first kappa shape index (κ1) is 19.8. The van der Waals surface area contributed by atoms with Crippen LogP contribution in [-0.4, -0.2) is 44.7 Å². The summed E-state index contributed by atoms with van der Waals surface area (Å²) in [5.41, 5.74) is 0.467. The Morgan fingerprint density at radius 3 is 2.43 bits per heavy atom. The van der Waals surface area contributed by atoms with Crippen molar-refractivity contribution in [2.75, 3.05) is 13.7 Å². The van der Waals surface area contributed by atoms with Gasteiger partial charge in [0.15, 0.2) is 18.1 Å². The third kappa shape index (κ3) is 3.83. The number of fused-ring (bicyclic) bond motifs is 1. The Hall–Kier alpha value is -2.96. The van der Waals surface area contributed by atoms with Crippen LogP contribution in [0.15, 0.2) is 18.3 Å². The molecule has 3 aromatic rings. The summed E-state index contributed by atoms with van der Waals surface area (Å²) in [6, 6.07) is 2.20. The minimum Gasteiger partial charge on any atom is -0.466 e. The Balaban J connectivity index is 2.02. The number of hydrogen-bond donors (Lipinski definition) is 0. The fraction of sp³-hybridized carbons (Fsp3) is 0.333. The molecule has 7 nitrogen and oxygen atoms in total. The van der Waals surface area contributed by atoms with Crippen LogP contribution in [0.25, 0.3) is 16.9 Å². The average Bonchev–Trinajstić information content (AvgIpc) is 3.02. The average molecular weight is 407 g/mol. The molecule has 0 amide bonds. The van der Waals surface area contributed by atoms with Crippen molar-refractivity contribution in [3.63, 3.8) is 0 Å². The normalized spacial score (nSPS) is 12.6. The van der Waals surface area contributed by atoms with Crippen molar-refractivity contribution in [1.82, 2.24) is 24.8 Å². The van der Waals surface area contributed by atoms with E-state index in [2.05, 4.69) is 29.8 Å². The zero-order chi connectivity index (χ0) is 20.7. The van der Waals surface area contributed by atoms with Crippen molar-refractivity contribution in [3.8, 4) is 17.1 Å². The number of methoxy groups -OCH3 is 1.